The number of nitrogens with zero attached hydrogens (tertiary/aromatic N) is 2. The van der Waals surface area contributed by atoms with Crippen LogP contribution in [-0.2, 0) is 20.4 Å². The number of amides is 1. The van der Waals surface area contributed by atoms with Crippen LogP contribution in [0.1, 0.15) is 18.9 Å². The molecule has 1 saturated heterocycles. The van der Waals surface area contributed by atoms with Crippen LogP contribution in [0.5, 0.6) is 5.88 Å². The number of halogens is 1. The summed E-state index contributed by atoms with van der Waals surface area (Å²) in [5.74, 6) is 0.304. The average molecular weight is 319 g/mol. The molecule has 2 rings (SSSR count). The highest BCUT2D eigenvalue weighted by Crippen LogP contribution is 2.23. The first kappa shape index (κ1) is 15.1. The topological polar surface area (TPSA) is 76.6 Å². The summed E-state index contributed by atoms with van der Waals surface area (Å²) in [6, 6.07) is 3.52. The maximum absolute atomic E-state index is 11.8. The van der Waals surface area contributed by atoms with Gasteiger partial charge in [-0.3, -0.25) is 4.79 Å². The van der Waals surface area contributed by atoms with Crippen molar-refractivity contribution in [1.82, 2.24) is 9.88 Å². The van der Waals surface area contributed by atoms with Crippen molar-refractivity contribution in [3.63, 3.8) is 0 Å². The van der Waals surface area contributed by atoms with Crippen LogP contribution < -0.4 is 4.74 Å². The zero-order valence-electron chi connectivity index (χ0n) is 11.0. The van der Waals surface area contributed by atoms with Crippen LogP contribution in [-0.4, -0.2) is 42.6 Å². The largest absolute Gasteiger partial charge is 0.478 e. The van der Waals surface area contributed by atoms with Crippen LogP contribution in [0.25, 0.3) is 0 Å². The number of likely N-dealkylation sites (tertiary alicyclic amines) is 1. The lowest BCUT2D eigenvalue weighted by molar-refractivity contribution is -0.128. The van der Waals surface area contributed by atoms with Crippen molar-refractivity contribution in [2.45, 2.75) is 25.1 Å². The highest BCUT2D eigenvalue weighted by atomic mass is 35.7. The third-order valence-corrected chi connectivity index (χ3v) is 4.91. The molecular weight excluding hydrogens is 304 g/mol. The van der Waals surface area contributed by atoms with E-state index in [1.54, 1.807) is 18.3 Å². The van der Waals surface area contributed by atoms with Gasteiger partial charge in [0, 0.05) is 42.5 Å². The highest BCUT2D eigenvalue weighted by molar-refractivity contribution is 8.14. The number of hydrogen-bond donors (Lipinski definition) is 0. The monoisotopic (exact) mass is 318 g/mol. The Morgan fingerprint density at radius 3 is 2.75 bits per heavy atom. The molecule has 0 aliphatic carbocycles. The van der Waals surface area contributed by atoms with Gasteiger partial charge in [0.05, 0.1) is 6.61 Å². The Kier molecular flexibility index (Phi) is 4.49. The van der Waals surface area contributed by atoms with Gasteiger partial charge in [-0.25, -0.2) is 13.4 Å². The Morgan fingerprint density at radius 1 is 1.50 bits per heavy atom. The molecule has 0 N–H and O–H groups in total. The summed E-state index contributed by atoms with van der Waals surface area (Å²) in [7, 11) is 1.59. The maximum Gasteiger partial charge on any atom is 0.237 e. The summed E-state index contributed by atoms with van der Waals surface area (Å²) in [4.78, 5) is 17.3. The second kappa shape index (κ2) is 5.97. The van der Waals surface area contributed by atoms with E-state index in [1.165, 1.54) is 4.90 Å². The van der Waals surface area contributed by atoms with Crippen molar-refractivity contribution < 1.29 is 17.9 Å². The van der Waals surface area contributed by atoms with Crippen LogP contribution >= 0.6 is 10.7 Å². The number of carbonyl (C=O) groups excluding carboxylic acids is 1. The minimum atomic E-state index is -3.70. The lowest BCUT2D eigenvalue weighted by Gasteiger charge is -2.16. The second-order valence-electron chi connectivity index (χ2n) is 4.51. The summed E-state index contributed by atoms with van der Waals surface area (Å²) >= 11 is 0. The lowest BCUT2D eigenvalue weighted by atomic mass is 10.2. The lowest BCUT2D eigenvalue weighted by Crippen LogP contribution is -2.26. The number of aromatic nitrogens is 1. The Labute approximate surface area is 122 Å². The third-order valence-electron chi connectivity index (χ3n) is 3.04. The molecule has 0 radical (unpaired) electrons. The molecule has 0 spiro atoms. The molecule has 1 fully saturated rings. The first-order valence-corrected chi connectivity index (χ1v) is 8.56. The molecule has 1 atom stereocenters. The molecule has 2 heterocycles. The molecule has 1 aromatic heterocycles. The Hall–Kier alpha value is -1.34. The molecule has 0 bridgehead atoms. The van der Waals surface area contributed by atoms with Gasteiger partial charge in [0.15, 0.2) is 0 Å². The van der Waals surface area contributed by atoms with E-state index in [2.05, 4.69) is 4.98 Å². The van der Waals surface area contributed by atoms with Crippen LogP contribution in [0, 0.1) is 0 Å². The Morgan fingerprint density at radius 2 is 2.25 bits per heavy atom. The minimum Gasteiger partial charge on any atom is -0.478 e. The zero-order valence-corrected chi connectivity index (χ0v) is 12.5. The van der Waals surface area contributed by atoms with Gasteiger partial charge in [0.2, 0.25) is 20.8 Å². The van der Waals surface area contributed by atoms with Gasteiger partial charge in [-0.15, -0.1) is 0 Å². The molecule has 0 saturated carbocycles. The van der Waals surface area contributed by atoms with Gasteiger partial charge >= 0.3 is 0 Å². The fraction of sp³-hybridized carbons (Fsp3) is 0.500. The summed E-state index contributed by atoms with van der Waals surface area (Å²) in [5.41, 5.74) is 0.814. The molecule has 110 valence electrons. The molecular formula is C12H15ClN2O4S. The van der Waals surface area contributed by atoms with Gasteiger partial charge in [0.1, 0.15) is 5.25 Å². The van der Waals surface area contributed by atoms with Gasteiger partial charge in [-0.05, 0) is 12.5 Å². The predicted molar refractivity (Wildman–Crippen MR) is 74.0 cm³/mol. The predicted octanol–water partition coefficient (Wildman–Crippen LogP) is 1.15. The van der Waals surface area contributed by atoms with Crippen molar-refractivity contribution in [2.24, 2.45) is 0 Å². The summed E-state index contributed by atoms with van der Waals surface area (Å²) in [6.07, 6.45) is 1.55. The number of ether oxygens (including phenoxy) is 1. The smallest absolute Gasteiger partial charge is 0.237 e. The van der Waals surface area contributed by atoms with Gasteiger partial charge < -0.3 is 9.64 Å². The molecule has 8 heteroatoms. The molecule has 6 nitrogen and oxygen atoms in total. The van der Waals surface area contributed by atoms with Crippen LogP contribution in [0.15, 0.2) is 18.3 Å². The molecule has 1 amide bonds. The van der Waals surface area contributed by atoms with E-state index in [4.69, 9.17) is 15.4 Å². The van der Waals surface area contributed by atoms with Crippen LogP contribution in [0.3, 0.4) is 0 Å². The van der Waals surface area contributed by atoms with Gasteiger partial charge in [-0.1, -0.05) is 6.07 Å². The minimum absolute atomic E-state index is 0.0592. The molecule has 1 unspecified atom stereocenters. The fourth-order valence-corrected chi connectivity index (χ4v) is 3.09. The van der Waals surface area contributed by atoms with Crippen molar-refractivity contribution in [2.75, 3.05) is 13.2 Å². The van der Waals surface area contributed by atoms with E-state index < -0.39 is 14.3 Å². The van der Waals surface area contributed by atoms with Crippen LogP contribution in [0.2, 0.25) is 0 Å². The molecule has 1 aliphatic heterocycles. The van der Waals surface area contributed by atoms with Gasteiger partial charge in [-0.2, -0.15) is 0 Å². The first-order valence-electron chi connectivity index (χ1n) is 6.19. The van der Waals surface area contributed by atoms with E-state index in [1.807, 2.05) is 6.92 Å². The normalized spacial score (nSPS) is 19.4. The van der Waals surface area contributed by atoms with Crippen molar-refractivity contribution >= 4 is 25.6 Å². The van der Waals surface area contributed by atoms with E-state index in [9.17, 15) is 13.2 Å². The van der Waals surface area contributed by atoms with E-state index in [0.717, 1.165) is 5.56 Å². The average Bonchev–Trinajstić information content (AvgIpc) is 2.74. The molecule has 0 aromatic carbocycles. The van der Waals surface area contributed by atoms with Crippen molar-refractivity contribution in [3.8, 4) is 5.88 Å². The highest BCUT2D eigenvalue weighted by Gasteiger charge is 2.37. The number of hydrogen-bond acceptors (Lipinski definition) is 5. The van der Waals surface area contributed by atoms with Crippen molar-refractivity contribution in [3.05, 3.63) is 23.9 Å². The Balaban J connectivity index is 2.01. The van der Waals surface area contributed by atoms with E-state index in [-0.39, 0.29) is 18.9 Å². The number of rotatable bonds is 5. The van der Waals surface area contributed by atoms with E-state index >= 15 is 0 Å². The molecule has 20 heavy (non-hydrogen) atoms. The third kappa shape index (κ3) is 3.61. The van der Waals surface area contributed by atoms with Gasteiger partial charge in [0.25, 0.3) is 0 Å². The molecule has 1 aromatic rings. The standard InChI is InChI=1S/C12H15ClN2O4S/c1-2-19-11-4-3-9(6-14-11)7-15-8-10(5-12(15)16)20(13,17)18/h3-4,6,10H,2,5,7-8H2,1H3. The maximum atomic E-state index is 11.8. The van der Waals surface area contributed by atoms with Crippen molar-refractivity contribution in [1.29, 1.82) is 0 Å². The quantitative estimate of drug-likeness (QED) is 0.761. The van der Waals surface area contributed by atoms with E-state index in [0.29, 0.717) is 19.0 Å². The zero-order chi connectivity index (χ0) is 14.8. The number of carbonyl (C=O) groups is 1. The fourth-order valence-electron chi connectivity index (χ4n) is 2.04. The second-order valence-corrected chi connectivity index (χ2v) is 7.42. The van der Waals surface area contributed by atoms with Crippen LogP contribution in [0.4, 0.5) is 0 Å². The number of pyridine rings is 1. The molecule has 1 aliphatic rings. The summed E-state index contributed by atoms with van der Waals surface area (Å²) in [6.45, 7) is 2.84. The summed E-state index contributed by atoms with van der Waals surface area (Å²) in [5, 5.41) is -0.827. The first-order chi connectivity index (χ1) is 9.40. The summed E-state index contributed by atoms with van der Waals surface area (Å²) < 4.78 is 27.7. The SMILES string of the molecule is CCOc1ccc(CN2CC(S(=O)(=O)Cl)CC2=O)cn1. The Bertz CT molecular complexity index is 588.